The lowest BCUT2D eigenvalue weighted by molar-refractivity contribution is -0.132. The molecule has 0 atom stereocenters. The highest BCUT2D eigenvalue weighted by atomic mass is 35.5. The van der Waals surface area contributed by atoms with E-state index in [0.29, 0.717) is 0 Å². The Kier molecular flexibility index (Phi) is 4.31. The van der Waals surface area contributed by atoms with Crippen molar-refractivity contribution in [3.05, 3.63) is 52.6 Å². The second kappa shape index (κ2) is 5.74. The smallest absolute Gasteiger partial charge is 0.346 e. The summed E-state index contributed by atoms with van der Waals surface area (Å²) in [5.74, 6) is -1.29. The van der Waals surface area contributed by atoms with Gasteiger partial charge >= 0.3 is 5.97 Å². The number of hydrogen-bond acceptors (Lipinski definition) is 2. The Bertz CT molecular complexity index is 483. The summed E-state index contributed by atoms with van der Waals surface area (Å²) >= 11 is 5.80. The summed E-state index contributed by atoms with van der Waals surface area (Å²) in [6.07, 6.45) is 2.71. The van der Waals surface area contributed by atoms with Crippen molar-refractivity contribution in [3.8, 4) is 6.07 Å². The molecule has 0 aliphatic rings. The molecule has 1 aromatic carbocycles. The van der Waals surface area contributed by atoms with Gasteiger partial charge in [0.25, 0.3) is 0 Å². The molecule has 0 unspecified atom stereocenters. The van der Waals surface area contributed by atoms with Gasteiger partial charge in [0, 0.05) is 5.03 Å². The molecule has 4 heteroatoms. The zero-order valence-corrected chi connectivity index (χ0v) is 8.98. The summed E-state index contributed by atoms with van der Waals surface area (Å²) < 4.78 is 0. The second-order valence-corrected chi connectivity index (χ2v) is 3.35. The maximum atomic E-state index is 10.5. The molecule has 1 N–H and O–H groups in total. The molecule has 0 radical (unpaired) electrons. The number of nitriles is 1. The average Bonchev–Trinajstić information content (AvgIpc) is 2.27. The number of carboxylic acid groups (broad SMARTS) is 1. The normalized spacial score (nSPS) is 12.0. The van der Waals surface area contributed by atoms with Crippen molar-refractivity contribution in [1.82, 2.24) is 0 Å². The van der Waals surface area contributed by atoms with Crippen molar-refractivity contribution in [1.29, 1.82) is 5.26 Å². The van der Waals surface area contributed by atoms with Crippen LogP contribution in [0.1, 0.15) is 5.56 Å². The van der Waals surface area contributed by atoms with Gasteiger partial charge in [-0.15, -0.1) is 0 Å². The molecule has 1 aromatic rings. The van der Waals surface area contributed by atoms with Crippen LogP contribution in [0.25, 0.3) is 6.08 Å². The number of hydrogen-bond donors (Lipinski definition) is 1. The van der Waals surface area contributed by atoms with E-state index < -0.39 is 11.5 Å². The van der Waals surface area contributed by atoms with Gasteiger partial charge in [0.05, 0.1) is 0 Å². The monoisotopic (exact) mass is 233 g/mol. The zero-order chi connectivity index (χ0) is 12.0. The van der Waals surface area contributed by atoms with Crippen LogP contribution in [-0.2, 0) is 4.79 Å². The molecule has 1 rings (SSSR count). The molecule has 0 saturated heterocycles. The van der Waals surface area contributed by atoms with Gasteiger partial charge in [-0.2, -0.15) is 5.26 Å². The van der Waals surface area contributed by atoms with Crippen LogP contribution in [0.3, 0.4) is 0 Å². The minimum Gasteiger partial charge on any atom is -0.477 e. The van der Waals surface area contributed by atoms with Crippen molar-refractivity contribution in [2.45, 2.75) is 0 Å². The number of halogens is 1. The van der Waals surface area contributed by atoms with Crippen LogP contribution < -0.4 is 0 Å². The van der Waals surface area contributed by atoms with E-state index in [-0.39, 0.29) is 5.03 Å². The first-order chi connectivity index (χ1) is 7.63. The van der Waals surface area contributed by atoms with Gasteiger partial charge in [-0.3, -0.25) is 0 Å². The number of carboxylic acids is 1. The molecule has 0 aromatic heterocycles. The third kappa shape index (κ3) is 3.60. The molecule has 0 bridgehead atoms. The van der Waals surface area contributed by atoms with Crippen molar-refractivity contribution in [2.75, 3.05) is 0 Å². The van der Waals surface area contributed by atoms with Crippen molar-refractivity contribution < 1.29 is 9.90 Å². The molecule has 16 heavy (non-hydrogen) atoms. The Balaban J connectivity index is 2.96. The van der Waals surface area contributed by atoms with Crippen molar-refractivity contribution in [3.63, 3.8) is 0 Å². The Morgan fingerprint density at radius 2 is 2.00 bits per heavy atom. The van der Waals surface area contributed by atoms with E-state index in [0.717, 1.165) is 11.6 Å². The summed E-state index contributed by atoms with van der Waals surface area (Å²) in [6, 6.07) is 10.7. The van der Waals surface area contributed by atoms with Gasteiger partial charge in [-0.1, -0.05) is 41.9 Å². The van der Waals surface area contributed by atoms with E-state index in [1.165, 1.54) is 0 Å². The fraction of sp³-hybridized carbons (Fsp3) is 0. The van der Waals surface area contributed by atoms with E-state index in [2.05, 4.69) is 0 Å². The topological polar surface area (TPSA) is 61.1 Å². The number of benzene rings is 1. The van der Waals surface area contributed by atoms with E-state index in [1.54, 1.807) is 12.1 Å². The summed E-state index contributed by atoms with van der Waals surface area (Å²) in [5.41, 5.74) is 0.448. The fourth-order valence-electron chi connectivity index (χ4n) is 1.03. The molecule has 0 spiro atoms. The molecular formula is C12H8ClNO2. The number of rotatable bonds is 3. The third-order valence-corrected chi connectivity index (χ3v) is 1.96. The Labute approximate surface area is 97.9 Å². The van der Waals surface area contributed by atoms with Gasteiger partial charge in [-0.05, 0) is 17.7 Å². The van der Waals surface area contributed by atoms with E-state index in [9.17, 15) is 4.79 Å². The molecule has 0 aliphatic heterocycles. The molecular weight excluding hydrogens is 226 g/mol. The molecule has 0 saturated carbocycles. The fourth-order valence-corrected chi connectivity index (χ4v) is 1.26. The van der Waals surface area contributed by atoms with Crippen LogP contribution in [0.15, 0.2) is 47.0 Å². The van der Waals surface area contributed by atoms with Crippen LogP contribution in [-0.4, -0.2) is 11.1 Å². The highest BCUT2D eigenvalue weighted by Gasteiger charge is 2.05. The number of allylic oxidation sites excluding steroid dienone is 2. The second-order valence-electron chi connectivity index (χ2n) is 2.91. The SMILES string of the molecule is N#C/C(=C\C(Cl)=C\c1ccccc1)C(=O)O. The number of nitrogens with zero attached hydrogens (tertiary/aromatic N) is 1. The number of carbonyl (C=O) groups is 1. The third-order valence-electron chi connectivity index (χ3n) is 1.74. The van der Waals surface area contributed by atoms with Crippen LogP contribution >= 0.6 is 11.6 Å². The van der Waals surface area contributed by atoms with E-state index >= 15 is 0 Å². The Morgan fingerprint density at radius 3 is 2.50 bits per heavy atom. The average molecular weight is 234 g/mol. The lowest BCUT2D eigenvalue weighted by atomic mass is 10.2. The molecule has 0 fully saturated rings. The number of aliphatic carboxylic acids is 1. The van der Waals surface area contributed by atoms with Gasteiger partial charge in [0.2, 0.25) is 0 Å². The maximum Gasteiger partial charge on any atom is 0.346 e. The first-order valence-corrected chi connectivity index (χ1v) is 4.78. The summed E-state index contributed by atoms with van der Waals surface area (Å²) in [5, 5.41) is 17.3. The quantitative estimate of drug-likeness (QED) is 0.496. The zero-order valence-electron chi connectivity index (χ0n) is 8.22. The van der Waals surface area contributed by atoms with E-state index in [4.69, 9.17) is 22.0 Å². The van der Waals surface area contributed by atoms with Crippen LogP contribution in [0.5, 0.6) is 0 Å². The molecule has 3 nitrogen and oxygen atoms in total. The standard InChI is InChI=1S/C12H8ClNO2/c13-11(7-10(8-14)12(15)16)6-9-4-2-1-3-5-9/h1-7H,(H,15,16)/b10-7+,11-6-. The Morgan fingerprint density at radius 1 is 1.38 bits per heavy atom. The van der Waals surface area contributed by atoms with Gasteiger partial charge < -0.3 is 5.11 Å². The summed E-state index contributed by atoms with van der Waals surface area (Å²) in [4.78, 5) is 10.5. The van der Waals surface area contributed by atoms with Crippen LogP contribution in [0.4, 0.5) is 0 Å². The predicted molar refractivity (Wildman–Crippen MR) is 61.6 cm³/mol. The highest BCUT2D eigenvalue weighted by Crippen LogP contribution is 2.13. The largest absolute Gasteiger partial charge is 0.477 e. The molecule has 0 amide bonds. The van der Waals surface area contributed by atoms with Gasteiger partial charge in [0.1, 0.15) is 11.6 Å². The summed E-state index contributed by atoms with van der Waals surface area (Å²) in [7, 11) is 0. The highest BCUT2D eigenvalue weighted by molar-refractivity contribution is 6.33. The Hall–Kier alpha value is -2.05. The molecule has 0 aliphatic carbocycles. The van der Waals surface area contributed by atoms with Crippen LogP contribution in [0, 0.1) is 11.3 Å². The predicted octanol–water partition coefficient (Wildman–Crippen LogP) is 2.80. The van der Waals surface area contributed by atoms with Crippen LogP contribution in [0.2, 0.25) is 0 Å². The lowest BCUT2D eigenvalue weighted by Gasteiger charge is -1.93. The molecule has 80 valence electrons. The van der Waals surface area contributed by atoms with Crippen molar-refractivity contribution in [2.24, 2.45) is 0 Å². The minimum atomic E-state index is -1.29. The summed E-state index contributed by atoms with van der Waals surface area (Å²) in [6.45, 7) is 0. The lowest BCUT2D eigenvalue weighted by Crippen LogP contribution is -1.97. The van der Waals surface area contributed by atoms with E-state index in [1.807, 2.05) is 30.3 Å². The van der Waals surface area contributed by atoms with Gasteiger partial charge in [-0.25, -0.2) is 4.79 Å². The first-order valence-electron chi connectivity index (χ1n) is 4.41. The van der Waals surface area contributed by atoms with Gasteiger partial charge in [0.15, 0.2) is 0 Å². The maximum absolute atomic E-state index is 10.5. The first kappa shape index (κ1) is 12.0. The molecule has 0 heterocycles. The van der Waals surface area contributed by atoms with Crippen molar-refractivity contribution >= 4 is 23.6 Å². The minimum absolute atomic E-state index is 0.199.